The van der Waals surface area contributed by atoms with Crippen molar-refractivity contribution in [3.63, 3.8) is 0 Å². The number of thiazole rings is 1. The molecule has 0 aliphatic heterocycles. The van der Waals surface area contributed by atoms with Crippen molar-refractivity contribution in [1.29, 1.82) is 0 Å². The summed E-state index contributed by atoms with van der Waals surface area (Å²) in [6, 6.07) is 14.5. The molecule has 4 nitrogen and oxygen atoms in total. The Morgan fingerprint density at radius 1 is 1.11 bits per heavy atom. The molecule has 0 atom stereocenters. The number of halogens is 2. The van der Waals surface area contributed by atoms with Gasteiger partial charge in [-0.05, 0) is 54.4 Å². The lowest BCUT2D eigenvalue weighted by Crippen LogP contribution is -2.30. The zero-order valence-corrected chi connectivity index (χ0v) is 17.2. The molecule has 0 bridgehead atoms. The molecule has 0 saturated heterocycles. The molecular weight excluding hydrogens is 413 g/mol. The Hall–Kier alpha value is -2.47. The van der Waals surface area contributed by atoms with Crippen LogP contribution in [-0.2, 0) is 6.54 Å². The molecule has 28 heavy (non-hydrogen) atoms. The van der Waals surface area contributed by atoms with E-state index in [0.717, 1.165) is 21.3 Å². The Balaban J connectivity index is 1.82. The number of rotatable bonds is 4. The van der Waals surface area contributed by atoms with Crippen molar-refractivity contribution in [2.75, 3.05) is 4.90 Å². The molecule has 0 aliphatic rings. The second-order valence-electron chi connectivity index (χ2n) is 6.29. The zero-order chi connectivity index (χ0) is 19.7. The van der Waals surface area contributed by atoms with E-state index in [1.54, 1.807) is 41.6 Å². The molecule has 4 rings (SSSR count). The van der Waals surface area contributed by atoms with E-state index < -0.39 is 0 Å². The highest BCUT2D eigenvalue weighted by atomic mass is 35.5. The number of carbonyl (C=O) groups excluding carboxylic acids is 1. The number of hydrogen-bond acceptors (Lipinski definition) is 4. The summed E-state index contributed by atoms with van der Waals surface area (Å²) in [5.74, 6) is -0.204. The van der Waals surface area contributed by atoms with Crippen LogP contribution in [0.2, 0.25) is 10.0 Å². The quantitative estimate of drug-likeness (QED) is 0.392. The van der Waals surface area contributed by atoms with Crippen LogP contribution in [0.3, 0.4) is 0 Å². The molecule has 4 aromatic rings. The van der Waals surface area contributed by atoms with Gasteiger partial charge in [-0.25, -0.2) is 4.98 Å². The van der Waals surface area contributed by atoms with Gasteiger partial charge in [-0.15, -0.1) is 0 Å². The van der Waals surface area contributed by atoms with Gasteiger partial charge in [0.05, 0.1) is 27.3 Å². The number of fused-ring (bicyclic) bond motifs is 1. The third-order valence-corrected chi connectivity index (χ3v) is 5.88. The fraction of sp³-hybridized carbons (Fsp3) is 0.0952. The number of benzene rings is 2. The third kappa shape index (κ3) is 3.74. The molecule has 0 N–H and O–H groups in total. The number of nitrogens with zero attached hydrogens (tertiary/aromatic N) is 3. The van der Waals surface area contributed by atoms with Crippen molar-refractivity contribution in [2.45, 2.75) is 13.5 Å². The van der Waals surface area contributed by atoms with Crippen molar-refractivity contribution in [1.82, 2.24) is 9.97 Å². The average molecular weight is 428 g/mol. The number of carbonyl (C=O) groups is 1. The monoisotopic (exact) mass is 427 g/mol. The predicted molar refractivity (Wildman–Crippen MR) is 116 cm³/mol. The van der Waals surface area contributed by atoms with Crippen LogP contribution in [0.4, 0.5) is 5.13 Å². The summed E-state index contributed by atoms with van der Waals surface area (Å²) in [4.78, 5) is 23.8. The lowest BCUT2D eigenvalue weighted by atomic mass is 10.2. The Bertz CT molecular complexity index is 1160. The molecule has 0 aliphatic carbocycles. The maximum Gasteiger partial charge on any atom is 0.261 e. The number of aryl methyl sites for hydroxylation is 1. The van der Waals surface area contributed by atoms with E-state index in [1.807, 2.05) is 31.2 Å². The van der Waals surface area contributed by atoms with Gasteiger partial charge in [-0.2, -0.15) is 0 Å². The summed E-state index contributed by atoms with van der Waals surface area (Å²) in [7, 11) is 0. The fourth-order valence-electron chi connectivity index (χ4n) is 2.94. The normalized spacial score (nSPS) is 11.0. The highest BCUT2D eigenvalue weighted by Gasteiger charge is 2.24. The largest absolute Gasteiger partial charge is 0.279 e. The maximum atomic E-state index is 13.4. The van der Waals surface area contributed by atoms with Crippen LogP contribution in [0.5, 0.6) is 0 Å². The Kier molecular flexibility index (Phi) is 5.31. The van der Waals surface area contributed by atoms with Gasteiger partial charge >= 0.3 is 0 Å². The first-order valence-electron chi connectivity index (χ1n) is 8.55. The van der Waals surface area contributed by atoms with E-state index in [1.165, 1.54) is 11.3 Å². The molecule has 0 spiro atoms. The van der Waals surface area contributed by atoms with Gasteiger partial charge in [0.15, 0.2) is 5.13 Å². The topological polar surface area (TPSA) is 46.1 Å². The highest BCUT2D eigenvalue weighted by molar-refractivity contribution is 7.22. The van der Waals surface area contributed by atoms with E-state index in [9.17, 15) is 4.79 Å². The Morgan fingerprint density at radius 2 is 1.86 bits per heavy atom. The minimum absolute atomic E-state index is 0.204. The lowest BCUT2D eigenvalue weighted by Gasteiger charge is -2.20. The number of anilines is 1. The van der Waals surface area contributed by atoms with Crippen molar-refractivity contribution in [3.05, 3.63) is 87.7 Å². The molecule has 2 heterocycles. The summed E-state index contributed by atoms with van der Waals surface area (Å²) in [5.41, 5.74) is 3.20. The first-order valence-corrected chi connectivity index (χ1v) is 10.1. The van der Waals surface area contributed by atoms with Crippen LogP contribution in [0.1, 0.15) is 21.5 Å². The van der Waals surface area contributed by atoms with E-state index in [0.29, 0.717) is 27.3 Å². The Labute approximate surface area is 176 Å². The molecule has 2 aromatic heterocycles. The molecule has 0 radical (unpaired) electrons. The molecule has 0 unspecified atom stereocenters. The van der Waals surface area contributed by atoms with Crippen molar-refractivity contribution >= 4 is 55.8 Å². The second kappa shape index (κ2) is 7.87. The van der Waals surface area contributed by atoms with Crippen molar-refractivity contribution in [3.8, 4) is 0 Å². The lowest BCUT2D eigenvalue weighted by molar-refractivity contribution is 0.0985. The van der Waals surface area contributed by atoms with E-state index in [4.69, 9.17) is 28.2 Å². The zero-order valence-electron chi connectivity index (χ0n) is 14.9. The van der Waals surface area contributed by atoms with Gasteiger partial charge in [0, 0.05) is 17.4 Å². The molecule has 1 amide bonds. The smallest absolute Gasteiger partial charge is 0.261 e. The molecule has 7 heteroatoms. The van der Waals surface area contributed by atoms with Crippen LogP contribution in [0, 0.1) is 6.92 Å². The minimum atomic E-state index is -0.204. The first kappa shape index (κ1) is 18.9. The molecule has 0 saturated carbocycles. The standard InChI is InChI=1S/C21H15Cl2N3OS/c1-13-10-15(22)11-18-19(13)25-21(28-18)26(12-14-6-8-24-9-7-14)20(27)16-4-2-3-5-17(16)23/h2-11H,12H2,1H3. The van der Waals surface area contributed by atoms with E-state index in [2.05, 4.69) is 4.98 Å². The molecular formula is C21H15Cl2N3OS. The van der Waals surface area contributed by atoms with Crippen molar-refractivity contribution < 1.29 is 4.79 Å². The summed E-state index contributed by atoms with van der Waals surface area (Å²) in [6.45, 7) is 2.32. The van der Waals surface area contributed by atoms with E-state index in [-0.39, 0.29) is 5.91 Å². The second-order valence-corrected chi connectivity index (χ2v) is 8.15. The number of pyridine rings is 1. The van der Waals surface area contributed by atoms with Crippen LogP contribution in [-0.4, -0.2) is 15.9 Å². The van der Waals surface area contributed by atoms with Gasteiger partial charge in [-0.1, -0.05) is 46.7 Å². The van der Waals surface area contributed by atoms with Gasteiger partial charge < -0.3 is 0 Å². The van der Waals surface area contributed by atoms with Gasteiger partial charge in [0.2, 0.25) is 0 Å². The number of amides is 1. The highest BCUT2D eigenvalue weighted by Crippen LogP contribution is 2.34. The Morgan fingerprint density at radius 3 is 2.61 bits per heavy atom. The molecule has 2 aromatic carbocycles. The average Bonchev–Trinajstić information content (AvgIpc) is 3.11. The van der Waals surface area contributed by atoms with Crippen LogP contribution in [0.25, 0.3) is 10.2 Å². The summed E-state index contributed by atoms with van der Waals surface area (Å²) < 4.78 is 0.937. The fourth-order valence-corrected chi connectivity index (χ4v) is 4.57. The summed E-state index contributed by atoms with van der Waals surface area (Å²) >= 11 is 13.9. The summed E-state index contributed by atoms with van der Waals surface area (Å²) in [6.07, 6.45) is 3.41. The van der Waals surface area contributed by atoms with Crippen molar-refractivity contribution in [2.24, 2.45) is 0 Å². The number of hydrogen-bond donors (Lipinski definition) is 0. The van der Waals surface area contributed by atoms with Crippen LogP contribution >= 0.6 is 34.5 Å². The third-order valence-electron chi connectivity index (χ3n) is 4.31. The first-order chi connectivity index (χ1) is 13.5. The molecule has 0 fully saturated rings. The number of aromatic nitrogens is 2. The van der Waals surface area contributed by atoms with Gasteiger partial charge in [0.25, 0.3) is 5.91 Å². The summed E-state index contributed by atoms with van der Waals surface area (Å²) in [5, 5.41) is 1.66. The van der Waals surface area contributed by atoms with E-state index >= 15 is 0 Å². The van der Waals surface area contributed by atoms with Gasteiger partial charge in [-0.3, -0.25) is 14.7 Å². The SMILES string of the molecule is Cc1cc(Cl)cc2sc(N(Cc3ccncc3)C(=O)c3ccccc3Cl)nc12. The predicted octanol–water partition coefficient (Wildman–Crippen LogP) is 6.15. The van der Waals surface area contributed by atoms with Crippen LogP contribution in [0.15, 0.2) is 60.9 Å². The maximum absolute atomic E-state index is 13.4. The molecule has 140 valence electrons. The van der Waals surface area contributed by atoms with Crippen LogP contribution < -0.4 is 4.90 Å². The van der Waals surface area contributed by atoms with Gasteiger partial charge in [0.1, 0.15) is 0 Å². The minimum Gasteiger partial charge on any atom is -0.279 e.